The summed E-state index contributed by atoms with van der Waals surface area (Å²) < 4.78 is 0.566. The van der Waals surface area contributed by atoms with Crippen molar-refractivity contribution in [3.8, 4) is 0 Å². The maximum Gasteiger partial charge on any atom is 0.335 e. The third-order valence-corrected chi connectivity index (χ3v) is 2.06. The molecule has 0 unspecified atom stereocenters. The van der Waals surface area contributed by atoms with Gasteiger partial charge in [-0.3, -0.25) is 0 Å². The second-order valence-electron chi connectivity index (χ2n) is 3.06. The van der Waals surface area contributed by atoms with Crippen LogP contribution in [0.25, 0.3) is 0 Å². The molecule has 0 aromatic carbocycles. The Hall–Kier alpha value is -0.900. The minimum absolute atomic E-state index is 0.232. The van der Waals surface area contributed by atoms with E-state index in [1.54, 1.807) is 6.07 Å². The van der Waals surface area contributed by atoms with E-state index in [2.05, 4.69) is 20.9 Å². The Bertz CT molecular complexity index is 336. The lowest BCUT2D eigenvalue weighted by Gasteiger charge is -2.05. The monoisotopic (exact) mass is 243 g/mol. The molecule has 1 N–H and O–H groups in total. The molecule has 70 valence electrons. The van der Waals surface area contributed by atoms with E-state index in [9.17, 15) is 4.79 Å². The highest BCUT2D eigenvalue weighted by atomic mass is 79.9. The maximum absolute atomic E-state index is 10.7. The molecule has 4 heteroatoms. The van der Waals surface area contributed by atoms with Crippen LogP contribution in [0.3, 0.4) is 0 Å². The molecule has 0 aliphatic heterocycles. The molecular weight excluding hydrogens is 234 g/mol. The van der Waals surface area contributed by atoms with Crippen LogP contribution >= 0.6 is 15.9 Å². The number of rotatable bonds is 2. The molecule has 0 bridgehead atoms. The molecule has 13 heavy (non-hydrogen) atoms. The molecule has 0 saturated carbocycles. The van der Waals surface area contributed by atoms with Gasteiger partial charge in [-0.1, -0.05) is 13.8 Å². The van der Waals surface area contributed by atoms with E-state index in [0.717, 1.165) is 5.69 Å². The summed E-state index contributed by atoms with van der Waals surface area (Å²) in [7, 11) is 0. The average Bonchev–Trinajstić information content (AvgIpc) is 2.03. The van der Waals surface area contributed by atoms with Crippen molar-refractivity contribution in [2.24, 2.45) is 0 Å². The first-order valence-electron chi connectivity index (χ1n) is 3.91. The molecule has 1 heterocycles. The normalized spacial score (nSPS) is 10.5. The first-order chi connectivity index (χ1) is 6.00. The number of aromatic nitrogens is 1. The molecule has 0 fully saturated rings. The third kappa shape index (κ3) is 2.52. The van der Waals surface area contributed by atoms with Crippen LogP contribution < -0.4 is 0 Å². The molecule has 0 radical (unpaired) electrons. The summed E-state index contributed by atoms with van der Waals surface area (Å²) in [5, 5.41) is 8.77. The number of carboxylic acids is 1. The number of hydrogen-bond donors (Lipinski definition) is 1. The van der Waals surface area contributed by atoms with Crippen LogP contribution in [0, 0.1) is 0 Å². The molecular formula is C9H10BrNO2. The van der Waals surface area contributed by atoms with Gasteiger partial charge in [-0.25, -0.2) is 9.78 Å². The highest BCUT2D eigenvalue weighted by molar-refractivity contribution is 9.10. The Labute approximate surface area is 84.9 Å². The number of hydrogen-bond acceptors (Lipinski definition) is 2. The Balaban J connectivity index is 3.19. The van der Waals surface area contributed by atoms with Crippen LogP contribution in [0.2, 0.25) is 0 Å². The second-order valence-corrected chi connectivity index (χ2v) is 3.88. The third-order valence-electron chi connectivity index (χ3n) is 1.65. The molecule has 1 aromatic heterocycles. The van der Waals surface area contributed by atoms with E-state index in [1.165, 1.54) is 6.07 Å². The number of pyridine rings is 1. The van der Waals surface area contributed by atoms with Crippen molar-refractivity contribution in [1.82, 2.24) is 4.98 Å². The molecule has 0 aliphatic carbocycles. The SMILES string of the molecule is CC(C)c1cc(C(=O)O)cc(Br)n1. The van der Waals surface area contributed by atoms with Crippen molar-refractivity contribution in [2.45, 2.75) is 19.8 Å². The average molecular weight is 244 g/mol. The van der Waals surface area contributed by atoms with Crippen molar-refractivity contribution in [1.29, 1.82) is 0 Å². The molecule has 0 aliphatic rings. The van der Waals surface area contributed by atoms with Crippen molar-refractivity contribution >= 4 is 21.9 Å². The summed E-state index contributed by atoms with van der Waals surface area (Å²) in [6.45, 7) is 3.95. The number of halogens is 1. The van der Waals surface area contributed by atoms with Gasteiger partial charge in [-0.05, 0) is 34.0 Å². The molecule has 1 aromatic rings. The standard InChI is InChI=1S/C9H10BrNO2/c1-5(2)7-3-6(9(12)13)4-8(10)11-7/h3-5H,1-2H3,(H,12,13). The van der Waals surface area contributed by atoms with Gasteiger partial charge in [-0.2, -0.15) is 0 Å². The molecule has 3 nitrogen and oxygen atoms in total. The van der Waals surface area contributed by atoms with Gasteiger partial charge < -0.3 is 5.11 Å². The van der Waals surface area contributed by atoms with Crippen LogP contribution in [-0.4, -0.2) is 16.1 Å². The van der Waals surface area contributed by atoms with Gasteiger partial charge in [0.05, 0.1) is 5.56 Å². The Morgan fingerprint density at radius 1 is 1.54 bits per heavy atom. The first kappa shape index (κ1) is 10.2. The van der Waals surface area contributed by atoms with E-state index in [1.807, 2.05) is 13.8 Å². The van der Waals surface area contributed by atoms with Gasteiger partial charge in [0, 0.05) is 5.69 Å². The summed E-state index contributed by atoms with van der Waals surface area (Å²) in [5.41, 5.74) is 1.05. The van der Waals surface area contributed by atoms with E-state index < -0.39 is 5.97 Å². The molecule has 0 spiro atoms. The summed E-state index contributed by atoms with van der Waals surface area (Å²) in [5.74, 6) is -0.694. The van der Waals surface area contributed by atoms with Gasteiger partial charge in [0.25, 0.3) is 0 Å². The van der Waals surface area contributed by atoms with E-state index in [0.29, 0.717) is 4.60 Å². The molecule has 0 atom stereocenters. The summed E-state index contributed by atoms with van der Waals surface area (Å²) >= 11 is 3.18. The lowest BCUT2D eigenvalue weighted by Crippen LogP contribution is -2.01. The predicted octanol–water partition coefficient (Wildman–Crippen LogP) is 2.67. The van der Waals surface area contributed by atoms with Gasteiger partial charge in [0.1, 0.15) is 4.60 Å². The van der Waals surface area contributed by atoms with Crippen LogP contribution in [0.5, 0.6) is 0 Å². The van der Waals surface area contributed by atoms with Crippen LogP contribution in [-0.2, 0) is 0 Å². The summed E-state index contributed by atoms with van der Waals surface area (Å²) in [6, 6.07) is 3.09. The number of nitrogens with zero attached hydrogens (tertiary/aromatic N) is 1. The van der Waals surface area contributed by atoms with Crippen LogP contribution in [0.1, 0.15) is 35.8 Å². The molecule has 1 rings (SSSR count). The van der Waals surface area contributed by atoms with Gasteiger partial charge in [0.15, 0.2) is 0 Å². The molecule has 0 saturated heterocycles. The van der Waals surface area contributed by atoms with E-state index in [4.69, 9.17) is 5.11 Å². The smallest absolute Gasteiger partial charge is 0.335 e. The lowest BCUT2D eigenvalue weighted by atomic mass is 10.1. The van der Waals surface area contributed by atoms with E-state index >= 15 is 0 Å². The number of aromatic carboxylic acids is 1. The topological polar surface area (TPSA) is 50.2 Å². The zero-order chi connectivity index (χ0) is 10.0. The first-order valence-corrected chi connectivity index (χ1v) is 4.71. The highest BCUT2D eigenvalue weighted by Gasteiger charge is 2.08. The largest absolute Gasteiger partial charge is 0.478 e. The van der Waals surface area contributed by atoms with Crippen molar-refractivity contribution in [3.63, 3.8) is 0 Å². The number of carboxylic acid groups (broad SMARTS) is 1. The zero-order valence-corrected chi connectivity index (χ0v) is 9.00. The van der Waals surface area contributed by atoms with Crippen molar-refractivity contribution in [2.75, 3.05) is 0 Å². The Kier molecular flexibility index (Phi) is 3.03. The van der Waals surface area contributed by atoms with Crippen molar-refractivity contribution in [3.05, 3.63) is 28.0 Å². The maximum atomic E-state index is 10.7. The van der Waals surface area contributed by atoms with Crippen molar-refractivity contribution < 1.29 is 9.90 Å². The van der Waals surface area contributed by atoms with Crippen LogP contribution in [0.4, 0.5) is 0 Å². The second kappa shape index (κ2) is 3.87. The highest BCUT2D eigenvalue weighted by Crippen LogP contribution is 2.17. The minimum atomic E-state index is -0.926. The predicted molar refractivity (Wildman–Crippen MR) is 53.0 cm³/mol. The van der Waals surface area contributed by atoms with Gasteiger partial charge in [-0.15, -0.1) is 0 Å². The fourth-order valence-corrected chi connectivity index (χ4v) is 1.39. The Morgan fingerprint density at radius 3 is 2.62 bits per heavy atom. The summed E-state index contributed by atoms with van der Waals surface area (Å²) in [6.07, 6.45) is 0. The fraction of sp³-hybridized carbons (Fsp3) is 0.333. The number of carbonyl (C=O) groups is 1. The lowest BCUT2D eigenvalue weighted by molar-refractivity contribution is 0.0696. The summed E-state index contributed by atoms with van der Waals surface area (Å²) in [4.78, 5) is 14.8. The Morgan fingerprint density at radius 2 is 2.15 bits per heavy atom. The van der Waals surface area contributed by atoms with Crippen LogP contribution in [0.15, 0.2) is 16.7 Å². The van der Waals surface area contributed by atoms with Gasteiger partial charge >= 0.3 is 5.97 Å². The van der Waals surface area contributed by atoms with Gasteiger partial charge in [0.2, 0.25) is 0 Å². The molecule has 0 amide bonds. The minimum Gasteiger partial charge on any atom is -0.478 e. The van der Waals surface area contributed by atoms with E-state index in [-0.39, 0.29) is 11.5 Å². The fourth-order valence-electron chi connectivity index (χ4n) is 0.936. The zero-order valence-electron chi connectivity index (χ0n) is 7.41. The quantitative estimate of drug-likeness (QED) is 0.813.